The van der Waals surface area contributed by atoms with Gasteiger partial charge in [0.1, 0.15) is 17.7 Å². The summed E-state index contributed by atoms with van der Waals surface area (Å²) in [5, 5.41) is 13.3. The maximum absolute atomic E-state index is 10.9. The van der Waals surface area contributed by atoms with Gasteiger partial charge in [-0.1, -0.05) is 16.8 Å². The third-order valence-electron chi connectivity index (χ3n) is 2.60. The highest BCUT2D eigenvalue weighted by atomic mass is 35.5. The van der Waals surface area contributed by atoms with Gasteiger partial charge in [-0.3, -0.25) is 0 Å². The Hall–Kier alpha value is -2.01. The van der Waals surface area contributed by atoms with Crippen molar-refractivity contribution in [2.45, 2.75) is 20.0 Å². The van der Waals surface area contributed by atoms with Crippen LogP contribution in [0, 0.1) is 6.92 Å². The molecule has 6 heteroatoms. The normalized spacial score (nSPS) is 12.2. The van der Waals surface area contributed by atoms with Crippen LogP contribution in [0.2, 0.25) is 5.02 Å². The molecule has 19 heavy (non-hydrogen) atoms. The average molecular weight is 282 g/mol. The molecule has 2 rings (SSSR count). The fourth-order valence-electron chi connectivity index (χ4n) is 1.58. The molecule has 1 heterocycles. The van der Waals surface area contributed by atoms with E-state index in [4.69, 9.17) is 26.0 Å². The molecule has 1 aromatic carbocycles. The molecular weight excluding hydrogens is 270 g/mol. The number of aromatic nitrogens is 1. The highest BCUT2D eigenvalue weighted by Gasteiger charge is 2.18. The number of hydrogen-bond donors (Lipinski definition) is 1. The highest BCUT2D eigenvalue weighted by molar-refractivity contribution is 6.31. The lowest BCUT2D eigenvalue weighted by molar-refractivity contribution is -0.144. The molecular formula is C13H12ClNO4. The number of nitrogens with zero attached hydrogens (tertiary/aromatic N) is 1. The van der Waals surface area contributed by atoms with E-state index in [2.05, 4.69) is 5.16 Å². The average Bonchev–Trinajstić information content (AvgIpc) is 2.77. The predicted octanol–water partition coefficient (Wildman–Crippen LogP) is 3.16. The molecule has 2 aromatic rings. The van der Waals surface area contributed by atoms with Crippen molar-refractivity contribution in [3.8, 4) is 17.0 Å². The number of benzene rings is 1. The number of halogens is 1. The van der Waals surface area contributed by atoms with Crippen LogP contribution in [0.3, 0.4) is 0 Å². The van der Waals surface area contributed by atoms with Crippen LogP contribution < -0.4 is 4.74 Å². The van der Waals surface area contributed by atoms with Crippen molar-refractivity contribution >= 4 is 17.6 Å². The summed E-state index contributed by atoms with van der Waals surface area (Å²) in [7, 11) is 0. The smallest absolute Gasteiger partial charge is 0.344 e. The molecule has 0 spiro atoms. The molecule has 0 fully saturated rings. The lowest BCUT2D eigenvalue weighted by Gasteiger charge is -2.13. The number of carboxylic acids is 1. The molecule has 1 N–H and O–H groups in total. The lowest BCUT2D eigenvalue weighted by Crippen LogP contribution is -2.23. The number of ether oxygens (including phenoxy) is 1. The minimum absolute atomic E-state index is 0.399. The second-order valence-electron chi connectivity index (χ2n) is 4.08. The van der Waals surface area contributed by atoms with Gasteiger partial charge in [-0.15, -0.1) is 0 Å². The number of carboxylic acid groups (broad SMARTS) is 1. The summed E-state index contributed by atoms with van der Waals surface area (Å²) in [4.78, 5) is 10.9. The first kappa shape index (κ1) is 13.4. The van der Waals surface area contributed by atoms with Gasteiger partial charge >= 0.3 is 5.97 Å². The van der Waals surface area contributed by atoms with Crippen LogP contribution in [0.1, 0.15) is 12.5 Å². The Balaban J connectivity index is 2.44. The fraction of sp³-hybridized carbons (Fsp3) is 0.231. The molecule has 5 nitrogen and oxygen atoms in total. The largest absolute Gasteiger partial charge is 0.479 e. The predicted molar refractivity (Wildman–Crippen MR) is 69.4 cm³/mol. The van der Waals surface area contributed by atoms with E-state index < -0.39 is 12.1 Å². The summed E-state index contributed by atoms with van der Waals surface area (Å²) in [5.41, 5.74) is 2.00. The van der Waals surface area contributed by atoms with Crippen molar-refractivity contribution in [3.63, 3.8) is 0 Å². The zero-order valence-corrected chi connectivity index (χ0v) is 11.1. The quantitative estimate of drug-likeness (QED) is 0.932. The van der Waals surface area contributed by atoms with Gasteiger partial charge in [0.15, 0.2) is 6.10 Å². The van der Waals surface area contributed by atoms with Gasteiger partial charge in [-0.25, -0.2) is 4.79 Å². The molecule has 0 amide bonds. The van der Waals surface area contributed by atoms with Crippen LogP contribution >= 0.6 is 11.6 Å². The van der Waals surface area contributed by atoms with E-state index in [0.717, 1.165) is 5.56 Å². The van der Waals surface area contributed by atoms with Gasteiger partial charge in [0.05, 0.1) is 0 Å². The van der Waals surface area contributed by atoms with Crippen molar-refractivity contribution in [3.05, 3.63) is 35.0 Å². The van der Waals surface area contributed by atoms with Gasteiger partial charge < -0.3 is 14.4 Å². The van der Waals surface area contributed by atoms with E-state index in [0.29, 0.717) is 22.0 Å². The van der Waals surface area contributed by atoms with Crippen LogP contribution in [0.5, 0.6) is 5.75 Å². The standard InChI is InChI=1S/C13H12ClNO4/c1-7-6-18-15-12(7)10-5-9(14)3-4-11(10)19-8(2)13(16)17/h3-6,8H,1-2H3,(H,16,17). The Morgan fingerprint density at radius 3 is 2.84 bits per heavy atom. The molecule has 0 saturated carbocycles. The van der Waals surface area contributed by atoms with Crippen LogP contribution in [-0.2, 0) is 4.79 Å². The second-order valence-corrected chi connectivity index (χ2v) is 4.52. The Morgan fingerprint density at radius 2 is 2.26 bits per heavy atom. The second kappa shape index (κ2) is 5.32. The minimum atomic E-state index is -1.04. The molecule has 0 bridgehead atoms. The number of carbonyl (C=O) groups is 1. The van der Waals surface area contributed by atoms with Gasteiger partial charge in [0, 0.05) is 16.1 Å². The maximum Gasteiger partial charge on any atom is 0.344 e. The molecule has 100 valence electrons. The van der Waals surface area contributed by atoms with E-state index >= 15 is 0 Å². The van der Waals surface area contributed by atoms with Crippen molar-refractivity contribution in [2.75, 3.05) is 0 Å². The van der Waals surface area contributed by atoms with Gasteiger partial charge in [-0.2, -0.15) is 0 Å². The van der Waals surface area contributed by atoms with E-state index in [1.165, 1.54) is 13.2 Å². The van der Waals surface area contributed by atoms with E-state index in [-0.39, 0.29) is 0 Å². The number of aryl methyl sites for hydroxylation is 1. The molecule has 0 aliphatic rings. The zero-order valence-electron chi connectivity index (χ0n) is 10.4. The minimum Gasteiger partial charge on any atom is -0.479 e. The lowest BCUT2D eigenvalue weighted by atomic mass is 10.1. The Labute approximate surface area is 114 Å². The first-order chi connectivity index (χ1) is 8.99. The molecule has 0 aliphatic carbocycles. The molecule has 0 aliphatic heterocycles. The summed E-state index contributed by atoms with van der Waals surface area (Å²) in [6.07, 6.45) is 0.535. The molecule has 0 saturated heterocycles. The zero-order chi connectivity index (χ0) is 14.0. The van der Waals surface area contributed by atoms with Crippen LogP contribution in [0.15, 0.2) is 29.0 Å². The van der Waals surface area contributed by atoms with E-state index in [1.54, 1.807) is 18.2 Å². The van der Waals surface area contributed by atoms with Crippen molar-refractivity contribution < 1.29 is 19.2 Å². The topological polar surface area (TPSA) is 72.6 Å². The summed E-state index contributed by atoms with van der Waals surface area (Å²) in [6, 6.07) is 4.91. The third kappa shape index (κ3) is 2.88. The monoisotopic (exact) mass is 281 g/mol. The maximum atomic E-state index is 10.9. The van der Waals surface area contributed by atoms with Crippen molar-refractivity contribution in [1.82, 2.24) is 5.16 Å². The third-order valence-corrected chi connectivity index (χ3v) is 2.83. The van der Waals surface area contributed by atoms with Crippen LogP contribution in [0.4, 0.5) is 0 Å². The molecule has 1 aromatic heterocycles. The summed E-state index contributed by atoms with van der Waals surface area (Å²) in [5.74, 6) is -0.644. The fourth-order valence-corrected chi connectivity index (χ4v) is 1.75. The van der Waals surface area contributed by atoms with Crippen LogP contribution in [-0.4, -0.2) is 22.3 Å². The molecule has 0 radical (unpaired) electrons. The number of hydrogen-bond acceptors (Lipinski definition) is 4. The van der Waals surface area contributed by atoms with Crippen molar-refractivity contribution in [1.29, 1.82) is 0 Å². The summed E-state index contributed by atoms with van der Waals surface area (Å²) in [6.45, 7) is 3.29. The van der Waals surface area contributed by atoms with Crippen LogP contribution in [0.25, 0.3) is 11.3 Å². The Bertz CT molecular complexity index is 608. The Morgan fingerprint density at radius 1 is 1.53 bits per heavy atom. The SMILES string of the molecule is Cc1conc1-c1cc(Cl)ccc1OC(C)C(=O)O. The van der Waals surface area contributed by atoms with Gasteiger partial charge in [-0.05, 0) is 32.0 Å². The molecule has 1 unspecified atom stereocenters. The van der Waals surface area contributed by atoms with E-state index in [1.807, 2.05) is 6.92 Å². The number of rotatable bonds is 4. The van der Waals surface area contributed by atoms with Gasteiger partial charge in [0.25, 0.3) is 0 Å². The summed E-state index contributed by atoms with van der Waals surface area (Å²) >= 11 is 5.95. The van der Waals surface area contributed by atoms with Gasteiger partial charge in [0.2, 0.25) is 0 Å². The number of aliphatic carboxylic acids is 1. The Kier molecular flexibility index (Phi) is 3.76. The summed E-state index contributed by atoms with van der Waals surface area (Å²) < 4.78 is 10.3. The van der Waals surface area contributed by atoms with Crippen molar-refractivity contribution in [2.24, 2.45) is 0 Å². The highest BCUT2D eigenvalue weighted by Crippen LogP contribution is 2.34. The van der Waals surface area contributed by atoms with E-state index in [9.17, 15) is 4.79 Å². The first-order valence-corrected chi connectivity index (χ1v) is 5.97. The first-order valence-electron chi connectivity index (χ1n) is 5.59. The molecule has 1 atom stereocenters.